The van der Waals surface area contributed by atoms with E-state index < -0.39 is 0 Å². The van der Waals surface area contributed by atoms with Crippen LogP contribution in [0.5, 0.6) is 0 Å². The Morgan fingerprint density at radius 1 is 0.250 bits per heavy atom. The van der Waals surface area contributed by atoms with Gasteiger partial charge in [0.25, 0.3) is 0 Å². The molecule has 0 amide bonds. The van der Waals surface area contributed by atoms with Gasteiger partial charge in [-0.2, -0.15) is 0 Å². The predicted molar refractivity (Wildman–Crippen MR) is 123 cm³/mol. The normalized spacial score (nSPS) is 10.1. The van der Waals surface area contributed by atoms with Gasteiger partial charge in [0, 0.05) is 0 Å². The fraction of sp³-hybridized carbons (Fsp3) is 0.143. The third-order valence-electron chi connectivity index (χ3n) is 4.87. The average Bonchev–Trinajstić information content (AvgIpc) is 2.71. The average molecular weight is 365 g/mol. The molecule has 0 heterocycles. The zero-order valence-electron chi connectivity index (χ0n) is 17.2. The van der Waals surface area contributed by atoms with Gasteiger partial charge in [0.2, 0.25) is 0 Å². The van der Waals surface area contributed by atoms with Gasteiger partial charge >= 0.3 is 0 Å². The van der Waals surface area contributed by atoms with E-state index in [-0.39, 0.29) is 0 Å². The molecular formula is C28H28. The number of hydrogen-bond acceptors (Lipinski definition) is 0. The van der Waals surface area contributed by atoms with Crippen molar-refractivity contribution < 1.29 is 0 Å². The van der Waals surface area contributed by atoms with E-state index in [0.717, 1.165) is 0 Å². The van der Waals surface area contributed by atoms with Crippen LogP contribution in [0.4, 0.5) is 0 Å². The van der Waals surface area contributed by atoms with Gasteiger partial charge in [-0.25, -0.2) is 0 Å². The van der Waals surface area contributed by atoms with Crippen LogP contribution in [-0.4, -0.2) is 0 Å². The van der Waals surface area contributed by atoms with E-state index in [1.165, 1.54) is 44.5 Å². The van der Waals surface area contributed by atoms with E-state index in [0.29, 0.717) is 0 Å². The molecule has 4 aromatic carbocycles. The van der Waals surface area contributed by atoms with Crippen molar-refractivity contribution in [3.63, 3.8) is 0 Å². The summed E-state index contributed by atoms with van der Waals surface area (Å²) in [6.45, 7) is 8.44. The second-order valence-corrected chi connectivity index (χ2v) is 7.46. The number of aryl methyl sites for hydroxylation is 4. The van der Waals surface area contributed by atoms with Gasteiger partial charge in [-0.05, 0) is 49.9 Å². The van der Waals surface area contributed by atoms with Crippen LogP contribution >= 0.6 is 0 Å². The summed E-state index contributed by atoms with van der Waals surface area (Å²) >= 11 is 0. The molecule has 0 atom stereocenters. The Morgan fingerprint density at radius 3 is 0.536 bits per heavy atom. The lowest BCUT2D eigenvalue weighted by atomic mass is 10.0. The molecule has 0 aliphatic carbocycles. The zero-order chi connectivity index (χ0) is 19.9. The first kappa shape index (κ1) is 19.6. The molecule has 0 fully saturated rings. The molecule has 0 unspecified atom stereocenters. The van der Waals surface area contributed by atoms with Crippen LogP contribution in [0.3, 0.4) is 0 Å². The molecule has 0 aromatic heterocycles. The Kier molecular flexibility index (Phi) is 6.45. The molecule has 4 rings (SSSR count). The highest BCUT2D eigenvalue weighted by Gasteiger charge is 1.96. The number of hydrogen-bond donors (Lipinski definition) is 0. The van der Waals surface area contributed by atoms with Crippen LogP contribution in [0.25, 0.3) is 22.3 Å². The third-order valence-corrected chi connectivity index (χ3v) is 4.87. The molecule has 0 radical (unpaired) electrons. The fourth-order valence-electron chi connectivity index (χ4n) is 2.98. The first-order valence-corrected chi connectivity index (χ1v) is 9.79. The quantitative estimate of drug-likeness (QED) is 0.338. The van der Waals surface area contributed by atoms with Crippen molar-refractivity contribution in [3.05, 3.63) is 119 Å². The minimum Gasteiger partial charge on any atom is -0.0587 e. The van der Waals surface area contributed by atoms with Crippen LogP contribution in [0.15, 0.2) is 97.1 Å². The highest BCUT2D eigenvalue weighted by atomic mass is 14.0. The van der Waals surface area contributed by atoms with E-state index >= 15 is 0 Å². The summed E-state index contributed by atoms with van der Waals surface area (Å²) in [6.07, 6.45) is 0. The van der Waals surface area contributed by atoms with E-state index in [1.807, 2.05) is 0 Å². The first-order valence-electron chi connectivity index (χ1n) is 9.79. The maximum Gasteiger partial charge on any atom is -0.0184 e. The monoisotopic (exact) mass is 364 g/mol. The molecule has 140 valence electrons. The lowest BCUT2D eigenvalue weighted by Gasteiger charge is -2.02. The largest absolute Gasteiger partial charge is 0.0587 e. The lowest BCUT2D eigenvalue weighted by Crippen LogP contribution is -1.78. The summed E-state index contributed by atoms with van der Waals surface area (Å²) in [6, 6.07) is 34.5. The maximum atomic E-state index is 2.17. The standard InChI is InChI=1S/2C14H14/c2*1-11-3-7-13(8-4-11)14-9-5-12(2)6-10-14/h2*3-10H,1-2H3. The van der Waals surface area contributed by atoms with Gasteiger partial charge in [-0.15, -0.1) is 0 Å². The smallest absolute Gasteiger partial charge is 0.0184 e. The van der Waals surface area contributed by atoms with Crippen LogP contribution in [-0.2, 0) is 0 Å². The Balaban J connectivity index is 0.000000161. The Bertz CT molecular complexity index is 814. The summed E-state index contributed by atoms with van der Waals surface area (Å²) in [7, 11) is 0. The van der Waals surface area contributed by atoms with Gasteiger partial charge in [0.1, 0.15) is 0 Å². The Hall–Kier alpha value is -3.12. The molecule has 28 heavy (non-hydrogen) atoms. The minimum atomic E-state index is 1.29. The molecule has 0 bridgehead atoms. The van der Waals surface area contributed by atoms with Crippen molar-refractivity contribution in [2.45, 2.75) is 27.7 Å². The van der Waals surface area contributed by atoms with Gasteiger partial charge in [0.05, 0.1) is 0 Å². The van der Waals surface area contributed by atoms with Gasteiger partial charge in [-0.1, -0.05) is 119 Å². The molecule has 0 nitrogen and oxygen atoms in total. The lowest BCUT2D eigenvalue weighted by molar-refractivity contribution is 1.45. The van der Waals surface area contributed by atoms with Crippen LogP contribution in [0.2, 0.25) is 0 Å². The first-order chi connectivity index (χ1) is 13.5. The number of benzene rings is 4. The molecule has 0 saturated carbocycles. The molecule has 0 spiro atoms. The van der Waals surface area contributed by atoms with Crippen molar-refractivity contribution in [2.75, 3.05) is 0 Å². The van der Waals surface area contributed by atoms with Crippen molar-refractivity contribution in [2.24, 2.45) is 0 Å². The molecule has 4 aromatic rings. The molecule has 0 N–H and O–H groups in total. The summed E-state index contributed by atoms with van der Waals surface area (Å²) < 4.78 is 0. The van der Waals surface area contributed by atoms with Gasteiger partial charge < -0.3 is 0 Å². The maximum absolute atomic E-state index is 2.17. The predicted octanol–water partition coefficient (Wildman–Crippen LogP) is 7.94. The molecule has 0 aliphatic heterocycles. The molecule has 0 aliphatic rings. The molecular weight excluding hydrogens is 336 g/mol. The van der Waals surface area contributed by atoms with E-state index in [9.17, 15) is 0 Å². The summed E-state index contributed by atoms with van der Waals surface area (Å²) in [4.78, 5) is 0. The highest BCUT2D eigenvalue weighted by Crippen LogP contribution is 2.20. The topological polar surface area (TPSA) is 0 Å². The van der Waals surface area contributed by atoms with Crippen LogP contribution in [0, 0.1) is 27.7 Å². The van der Waals surface area contributed by atoms with Crippen molar-refractivity contribution in [1.29, 1.82) is 0 Å². The Labute approximate surface area is 169 Å². The minimum absolute atomic E-state index is 1.29. The second kappa shape index (κ2) is 9.19. The summed E-state index contributed by atoms with van der Waals surface area (Å²) in [5.41, 5.74) is 10.4. The zero-order valence-corrected chi connectivity index (χ0v) is 17.2. The highest BCUT2D eigenvalue weighted by molar-refractivity contribution is 5.64. The van der Waals surface area contributed by atoms with Crippen LogP contribution in [0.1, 0.15) is 22.3 Å². The third kappa shape index (κ3) is 5.44. The fourth-order valence-corrected chi connectivity index (χ4v) is 2.98. The summed E-state index contributed by atoms with van der Waals surface area (Å²) in [5, 5.41) is 0. The molecule has 0 heteroatoms. The molecule has 0 saturated heterocycles. The van der Waals surface area contributed by atoms with E-state index in [1.54, 1.807) is 0 Å². The van der Waals surface area contributed by atoms with Crippen molar-refractivity contribution >= 4 is 0 Å². The van der Waals surface area contributed by atoms with E-state index in [2.05, 4.69) is 125 Å². The number of rotatable bonds is 2. The van der Waals surface area contributed by atoms with Gasteiger partial charge in [0.15, 0.2) is 0 Å². The SMILES string of the molecule is Cc1ccc(-c2ccc(C)cc2)cc1.Cc1ccc(-c2ccc(C)cc2)cc1. The summed E-state index contributed by atoms with van der Waals surface area (Å²) in [5.74, 6) is 0. The van der Waals surface area contributed by atoms with Gasteiger partial charge in [-0.3, -0.25) is 0 Å². The van der Waals surface area contributed by atoms with Crippen molar-refractivity contribution in [3.8, 4) is 22.3 Å². The Morgan fingerprint density at radius 2 is 0.393 bits per heavy atom. The van der Waals surface area contributed by atoms with E-state index in [4.69, 9.17) is 0 Å². The van der Waals surface area contributed by atoms with Crippen molar-refractivity contribution in [1.82, 2.24) is 0 Å². The second-order valence-electron chi connectivity index (χ2n) is 7.46. The van der Waals surface area contributed by atoms with Crippen LogP contribution < -0.4 is 0 Å².